The van der Waals surface area contributed by atoms with E-state index in [0.29, 0.717) is 10.6 Å². The maximum atomic E-state index is 12.6. The second-order valence-electron chi connectivity index (χ2n) is 3.06. The smallest absolute Gasteiger partial charge is 0.321 e. The van der Waals surface area contributed by atoms with Crippen molar-refractivity contribution in [1.82, 2.24) is 0 Å². The molecular formula is C9H8F2N2O2. The highest BCUT2D eigenvalue weighted by Crippen LogP contribution is 2.35. The number of benzene rings is 1. The van der Waals surface area contributed by atoms with Gasteiger partial charge in [0.25, 0.3) is 5.91 Å². The average Bonchev–Trinajstić information content (AvgIpc) is 2.17. The monoisotopic (exact) mass is 214 g/mol. The number of fused-ring (bicyclic) bond motifs is 1. The van der Waals surface area contributed by atoms with Crippen LogP contribution in [0.3, 0.4) is 0 Å². The molecule has 4 nitrogen and oxygen atoms in total. The first-order valence-electron chi connectivity index (χ1n) is 4.22. The number of nitrogen functional groups attached to an aromatic ring is 1. The number of carbonyl (C=O) groups excluding carboxylic acids is 1. The van der Waals surface area contributed by atoms with Gasteiger partial charge >= 0.3 is 6.55 Å². The lowest BCUT2D eigenvalue weighted by Gasteiger charge is -2.28. The highest BCUT2D eigenvalue weighted by atomic mass is 19.3. The molecule has 0 saturated heterocycles. The van der Waals surface area contributed by atoms with Crippen molar-refractivity contribution in [3.63, 3.8) is 0 Å². The maximum Gasteiger partial charge on any atom is 0.321 e. The van der Waals surface area contributed by atoms with Gasteiger partial charge in [-0.3, -0.25) is 4.79 Å². The Morgan fingerprint density at radius 2 is 2.20 bits per heavy atom. The zero-order valence-electron chi connectivity index (χ0n) is 7.61. The van der Waals surface area contributed by atoms with E-state index in [9.17, 15) is 13.6 Å². The zero-order chi connectivity index (χ0) is 11.0. The summed E-state index contributed by atoms with van der Waals surface area (Å²) in [6.07, 6.45) is 0. The lowest BCUT2D eigenvalue weighted by molar-refractivity contribution is -0.124. The van der Waals surface area contributed by atoms with Crippen LogP contribution in [0.1, 0.15) is 0 Å². The van der Waals surface area contributed by atoms with Crippen LogP contribution < -0.4 is 15.4 Å². The molecule has 0 bridgehead atoms. The molecule has 15 heavy (non-hydrogen) atoms. The minimum Gasteiger partial charge on any atom is -0.481 e. The number of rotatable bonds is 1. The van der Waals surface area contributed by atoms with Crippen LogP contribution in [0.4, 0.5) is 20.2 Å². The van der Waals surface area contributed by atoms with Gasteiger partial charge < -0.3 is 10.5 Å². The summed E-state index contributed by atoms with van der Waals surface area (Å²) in [5, 5.41) is 0. The lowest BCUT2D eigenvalue weighted by atomic mass is 10.2. The molecule has 0 saturated carbocycles. The van der Waals surface area contributed by atoms with Gasteiger partial charge in [-0.05, 0) is 12.1 Å². The fourth-order valence-electron chi connectivity index (χ4n) is 1.40. The SMILES string of the molecule is Nc1ccc2c(c1)OCC(=O)N2C(F)F. The third-order valence-electron chi connectivity index (χ3n) is 2.06. The minimum absolute atomic E-state index is 0.0513. The molecule has 0 radical (unpaired) electrons. The Balaban J connectivity index is 2.48. The first kappa shape index (κ1) is 9.70. The predicted molar refractivity (Wildman–Crippen MR) is 49.8 cm³/mol. The van der Waals surface area contributed by atoms with Crippen molar-refractivity contribution >= 4 is 17.3 Å². The first-order valence-corrected chi connectivity index (χ1v) is 4.22. The van der Waals surface area contributed by atoms with Crippen molar-refractivity contribution < 1.29 is 18.3 Å². The molecule has 0 unspecified atom stereocenters. The number of anilines is 2. The van der Waals surface area contributed by atoms with Crippen molar-refractivity contribution in [3.05, 3.63) is 18.2 Å². The Kier molecular flexibility index (Phi) is 2.18. The van der Waals surface area contributed by atoms with Crippen LogP contribution in [0.2, 0.25) is 0 Å². The predicted octanol–water partition coefficient (Wildman–Crippen LogP) is 1.22. The van der Waals surface area contributed by atoms with E-state index < -0.39 is 12.5 Å². The van der Waals surface area contributed by atoms with Gasteiger partial charge in [0, 0.05) is 11.8 Å². The van der Waals surface area contributed by atoms with Crippen molar-refractivity contribution in [2.45, 2.75) is 6.55 Å². The van der Waals surface area contributed by atoms with Gasteiger partial charge in [0.05, 0.1) is 5.69 Å². The molecule has 0 aromatic heterocycles. The Labute approximate surface area is 84.2 Å². The van der Waals surface area contributed by atoms with Crippen LogP contribution in [0.5, 0.6) is 5.75 Å². The van der Waals surface area contributed by atoms with E-state index in [1.807, 2.05) is 0 Å². The van der Waals surface area contributed by atoms with Crippen molar-refractivity contribution in [1.29, 1.82) is 0 Å². The summed E-state index contributed by atoms with van der Waals surface area (Å²) >= 11 is 0. The van der Waals surface area contributed by atoms with Crippen LogP contribution in [0.15, 0.2) is 18.2 Å². The van der Waals surface area contributed by atoms with Gasteiger partial charge in [-0.15, -0.1) is 0 Å². The van der Waals surface area contributed by atoms with Crippen molar-refractivity contribution in [2.75, 3.05) is 17.2 Å². The third-order valence-corrected chi connectivity index (χ3v) is 2.06. The standard InChI is InChI=1S/C9H8F2N2O2/c10-9(11)13-6-2-1-5(12)3-7(6)15-4-8(13)14/h1-3,9H,4,12H2. The number of alkyl halides is 2. The molecule has 2 N–H and O–H groups in total. The molecule has 1 aromatic rings. The Morgan fingerprint density at radius 3 is 2.87 bits per heavy atom. The largest absolute Gasteiger partial charge is 0.481 e. The van der Waals surface area contributed by atoms with Gasteiger partial charge in [-0.25, -0.2) is 4.90 Å². The average molecular weight is 214 g/mol. The highest BCUT2D eigenvalue weighted by molar-refractivity contribution is 5.98. The first-order chi connectivity index (χ1) is 7.09. The number of carbonyl (C=O) groups is 1. The lowest BCUT2D eigenvalue weighted by Crippen LogP contribution is -2.42. The Bertz CT molecular complexity index is 409. The number of hydrogen-bond donors (Lipinski definition) is 1. The van der Waals surface area contributed by atoms with Crippen molar-refractivity contribution in [3.8, 4) is 5.75 Å². The number of hydrogen-bond acceptors (Lipinski definition) is 3. The fraction of sp³-hybridized carbons (Fsp3) is 0.222. The number of nitrogens with two attached hydrogens (primary N) is 1. The Morgan fingerprint density at radius 1 is 1.47 bits per heavy atom. The number of ether oxygens (including phenoxy) is 1. The summed E-state index contributed by atoms with van der Waals surface area (Å²) in [7, 11) is 0. The van der Waals surface area contributed by atoms with E-state index >= 15 is 0 Å². The van der Waals surface area contributed by atoms with E-state index in [1.165, 1.54) is 18.2 Å². The molecular weight excluding hydrogens is 206 g/mol. The number of nitrogens with zero attached hydrogens (tertiary/aromatic N) is 1. The summed E-state index contributed by atoms with van der Waals surface area (Å²) < 4.78 is 30.1. The second kappa shape index (κ2) is 3.38. The summed E-state index contributed by atoms with van der Waals surface area (Å²) in [5.41, 5.74) is 5.92. The van der Waals surface area contributed by atoms with Gasteiger partial charge in [0.1, 0.15) is 5.75 Å². The number of amides is 1. The molecule has 0 spiro atoms. The molecule has 6 heteroatoms. The molecule has 1 aliphatic rings. The van der Waals surface area contributed by atoms with E-state index in [0.717, 1.165) is 0 Å². The van der Waals surface area contributed by atoms with Crippen LogP contribution in [-0.4, -0.2) is 19.1 Å². The van der Waals surface area contributed by atoms with Crippen LogP contribution in [0.25, 0.3) is 0 Å². The van der Waals surface area contributed by atoms with Crippen LogP contribution in [0, 0.1) is 0 Å². The summed E-state index contributed by atoms with van der Waals surface area (Å²) in [6.45, 7) is -3.26. The van der Waals surface area contributed by atoms with Gasteiger partial charge in [-0.1, -0.05) is 0 Å². The summed E-state index contributed by atoms with van der Waals surface area (Å²) in [5.74, 6) is -0.558. The van der Waals surface area contributed by atoms with E-state index in [-0.39, 0.29) is 18.0 Å². The van der Waals surface area contributed by atoms with Crippen LogP contribution >= 0.6 is 0 Å². The fourth-order valence-corrected chi connectivity index (χ4v) is 1.40. The van der Waals surface area contributed by atoms with Gasteiger partial charge in [0.2, 0.25) is 0 Å². The molecule has 1 amide bonds. The molecule has 0 aliphatic carbocycles. The molecule has 0 fully saturated rings. The normalized spacial score (nSPS) is 15.1. The maximum absolute atomic E-state index is 12.6. The summed E-state index contributed by atoms with van der Waals surface area (Å²) in [4.78, 5) is 11.6. The van der Waals surface area contributed by atoms with Gasteiger partial charge in [0.15, 0.2) is 6.61 Å². The second-order valence-corrected chi connectivity index (χ2v) is 3.06. The van der Waals surface area contributed by atoms with Crippen LogP contribution in [-0.2, 0) is 4.79 Å². The molecule has 2 rings (SSSR count). The zero-order valence-corrected chi connectivity index (χ0v) is 7.61. The molecule has 1 aromatic carbocycles. The minimum atomic E-state index is -2.87. The van der Waals surface area contributed by atoms with E-state index in [4.69, 9.17) is 10.5 Å². The topological polar surface area (TPSA) is 55.6 Å². The quantitative estimate of drug-likeness (QED) is 0.564. The van der Waals surface area contributed by atoms with E-state index in [1.54, 1.807) is 0 Å². The molecule has 1 aliphatic heterocycles. The van der Waals surface area contributed by atoms with Gasteiger partial charge in [-0.2, -0.15) is 8.78 Å². The molecule has 0 atom stereocenters. The highest BCUT2D eigenvalue weighted by Gasteiger charge is 2.31. The Hall–Kier alpha value is -1.85. The van der Waals surface area contributed by atoms with Crippen molar-refractivity contribution in [2.24, 2.45) is 0 Å². The van der Waals surface area contributed by atoms with E-state index in [2.05, 4.69) is 0 Å². The summed E-state index contributed by atoms with van der Waals surface area (Å²) in [6, 6.07) is 4.20. The number of halogens is 2. The molecule has 1 heterocycles. The molecule has 80 valence electrons. The third kappa shape index (κ3) is 1.58.